The first kappa shape index (κ1) is 19.7. The van der Waals surface area contributed by atoms with E-state index in [0.717, 1.165) is 15.4 Å². The van der Waals surface area contributed by atoms with E-state index in [0.29, 0.717) is 6.54 Å². The second kappa shape index (κ2) is 7.16. The highest BCUT2D eigenvalue weighted by Gasteiger charge is 2.38. The number of amides is 2. The fourth-order valence-electron chi connectivity index (χ4n) is 3.33. The molecule has 2 amide bonds. The summed E-state index contributed by atoms with van der Waals surface area (Å²) in [4.78, 5) is 37.6. The number of carbonyl (C=O) groups is 2. The van der Waals surface area contributed by atoms with E-state index < -0.39 is 16.7 Å². The van der Waals surface area contributed by atoms with Crippen molar-refractivity contribution in [3.63, 3.8) is 0 Å². The van der Waals surface area contributed by atoms with Crippen LogP contribution in [0.4, 0.5) is 5.69 Å². The number of quaternary nitrogens is 1. The third kappa shape index (κ3) is 3.80. The Morgan fingerprint density at radius 3 is 2.18 bits per heavy atom. The van der Waals surface area contributed by atoms with Gasteiger partial charge in [-0.1, -0.05) is 45.0 Å². The number of nitro groups is 1. The van der Waals surface area contributed by atoms with Crippen LogP contribution >= 0.6 is 0 Å². The van der Waals surface area contributed by atoms with Crippen LogP contribution in [0.25, 0.3) is 0 Å². The van der Waals surface area contributed by atoms with E-state index >= 15 is 0 Å². The summed E-state index contributed by atoms with van der Waals surface area (Å²) < 4.78 is 0. The van der Waals surface area contributed by atoms with Crippen molar-refractivity contribution < 1.29 is 19.4 Å². The number of benzene rings is 2. The molecule has 1 unspecified atom stereocenters. The summed E-state index contributed by atoms with van der Waals surface area (Å²) in [6.07, 6.45) is 0. The minimum Gasteiger partial charge on any atom is -0.316 e. The molecule has 7 nitrogen and oxygen atoms in total. The molecule has 0 saturated carbocycles. The number of carbonyl (C=O) groups excluding carboxylic acids is 2. The van der Waals surface area contributed by atoms with Crippen molar-refractivity contribution in [2.45, 2.75) is 32.7 Å². The third-order valence-corrected chi connectivity index (χ3v) is 4.92. The zero-order valence-electron chi connectivity index (χ0n) is 16.5. The number of nitrogens with zero attached hydrogens (tertiary/aromatic N) is 2. The second-order valence-corrected chi connectivity index (χ2v) is 8.26. The molecule has 0 aromatic heterocycles. The Labute approximate surface area is 163 Å². The summed E-state index contributed by atoms with van der Waals surface area (Å²) in [5, 5.41) is 10.9. The number of nitro benzene ring substituents is 1. The van der Waals surface area contributed by atoms with E-state index in [1.165, 1.54) is 23.8 Å². The second-order valence-electron chi connectivity index (χ2n) is 8.26. The molecule has 28 heavy (non-hydrogen) atoms. The number of rotatable bonds is 5. The topological polar surface area (TPSA) is 85.0 Å². The van der Waals surface area contributed by atoms with Crippen LogP contribution in [-0.4, -0.2) is 35.4 Å². The molecule has 0 radical (unpaired) electrons. The van der Waals surface area contributed by atoms with Gasteiger partial charge < -0.3 is 4.90 Å². The Balaban J connectivity index is 1.70. The van der Waals surface area contributed by atoms with Crippen LogP contribution in [0.3, 0.4) is 0 Å². The highest BCUT2D eigenvalue weighted by Crippen LogP contribution is 2.26. The molecule has 7 heteroatoms. The number of nitrogens with one attached hydrogen (secondary N) is 1. The molecule has 1 N–H and O–H groups in total. The van der Waals surface area contributed by atoms with E-state index in [1.807, 2.05) is 7.05 Å². The zero-order chi connectivity index (χ0) is 20.6. The van der Waals surface area contributed by atoms with Gasteiger partial charge >= 0.3 is 0 Å². The lowest BCUT2D eigenvalue weighted by Crippen LogP contribution is -3.09. The van der Waals surface area contributed by atoms with Gasteiger partial charge in [-0.05, 0) is 17.0 Å². The zero-order valence-corrected chi connectivity index (χ0v) is 16.5. The van der Waals surface area contributed by atoms with E-state index in [9.17, 15) is 19.7 Å². The van der Waals surface area contributed by atoms with Gasteiger partial charge in [-0.2, -0.15) is 0 Å². The molecule has 1 heterocycles. The summed E-state index contributed by atoms with van der Waals surface area (Å²) in [5.74, 6) is -0.886. The van der Waals surface area contributed by atoms with Crippen molar-refractivity contribution in [3.05, 3.63) is 74.8 Å². The average Bonchev–Trinajstić information content (AvgIpc) is 2.86. The molecule has 1 aliphatic rings. The highest BCUT2D eigenvalue weighted by atomic mass is 16.6. The maximum atomic E-state index is 12.6. The predicted molar refractivity (Wildman–Crippen MR) is 104 cm³/mol. The standard InChI is InChI=1S/C21H23N3O4/c1-21(2,3)15-7-5-14(6-8-15)12-22(4)13-23-19(25)17-10-9-16(24(27)28)11-18(17)20(23)26/h5-11H,12-13H2,1-4H3/p+1. The average molecular weight is 382 g/mol. The fraction of sp³-hybridized carbons (Fsp3) is 0.333. The lowest BCUT2D eigenvalue weighted by Gasteiger charge is -2.21. The lowest BCUT2D eigenvalue weighted by atomic mass is 9.87. The van der Waals surface area contributed by atoms with Crippen LogP contribution in [-0.2, 0) is 12.0 Å². The summed E-state index contributed by atoms with van der Waals surface area (Å²) in [7, 11) is 1.91. The first-order valence-corrected chi connectivity index (χ1v) is 9.13. The number of non-ortho nitro benzene ring substituents is 1. The van der Waals surface area contributed by atoms with Crippen LogP contribution < -0.4 is 4.90 Å². The number of imide groups is 1. The summed E-state index contributed by atoms with van der Waals surface area (Å²) in [6, 6.07) is 12.1. The minimum absolute atomic E-state index is 0.0834. The summed E-state index contributed by atoms with van der Waals surface area (Å²) in [5.41, 5.74) is 2.56. The molecule has 2 aromatic carbocycles. The van der Waals surface area contributed by atoms with E-state index in [2.05, 4.69) is 45.0 Å². The smallest absolute Gasteiger partial charge is 0.270 e. The molecule has 0 bridgehead atoms. The van der Waals surface area contributed by atoms with Gasteiger partial charge in [-0.15, -0.1) is 0 Å². The lowest BCUT2D eigenvalue weighted by molar-refractivity contribution is -0.901. The largest absolute Gasteiger partial charge is 0.316 e. The third-order valence-electron chi connectivity index (χ3n) is 4.92. The van der Waals surface area contributed by atoms with Crippen molar-refractivity contribution in [2.75, 3.05) is 13.7 Å². The number of hydrogen-bond acceptors (Lipinski definition) is 4. The van der Waals surface area contributed by atoms with Crippen molar-refractivity contribution in [2.24, 2.45) is 0 Å². The van der Waals surface area contributed by atoms with E-state index in [-0.39, 0.29) is 28.9 Å². The van der Waals surface area contributed by atoms with Gasteiger partial charge in [0.15, 0.2) is 6.67 Å². The Morgan fingerprint density at radius 2 is 1.61 bits per heavy atom. The molecule has 1 aliphatic heterocycles. The number of hydrogen-bond donors (Lipinski definition) is 1. The minimum atomic E-state index is -0.570. The normalized spacial score (nSPS) is 14.9. The van der Waals surface area contributed by atoms with E-state index in [1.54, 1.807) is 0 Å². The fourth-order valence-corrected chi connectivity index (χ4v) is 3.33. The van der Waals surface area contributed by atoms with Crippen LogP contribution in [0.2, 0.25) is 0 Å². The molecular formula is C21H24N3O4+. The molecule has 0 spiro atoms. The first-order chi connectivity index (χ1) is 13.1. The highest BCUT2D eigenvalue weighted by molar-refractivity contribution is 6.21. The van der Waals surface area contributed by atoms with Gasteiger partial charge in [-0.3, -0.25) is 19.7 Å². The van der Waals surface area contributed by atoms with Gasteiger partial charge in [0.1, 0.15) is 6.54 Å². The quantitative estimate of drug-likeness (QED) is 0.488. The Hall–Kier alpha value is -3.06. The predicted octanol–water partition coefficient (Wildman–Crippen LogP) is 2.16. The monoisotopic (exact) mass is 382 g/mol. The summed E-state index contributed by atoms with van der Waals surface area (Å²) >= 11 is 0. The Bertz CT molecular complexity index is 945. The molecule has 2 aromatic rings. The molecule has 3 rings (SSSR count). The van der Waals surface area contributed by atoms with Crippen LogP contribution in [0.5, 0.6) is 0 Å². The molecule has 146 valence electrons. The maximum absolute atomic E-state index is 12.6. The van der Waals surface area contributed by atoms with Crippen molar-refractivity contribution >= 4 is 17.5 Å². The SMILES string of the molecule is C[NH+](Cc1ccc(C(C)(C)C)cc1)CN1C(=O)c2ccc([N+](=O)[O-])cc2C1=O. The molecule has 1 atom stereocenters. The van der Waals surface area contributed by atoms with Crippen molar-refractivity contribution in [1.29, 1.82) is 0 Å². The first-order valence-electron chi connectivity index (χ1n) is 9.13. The van der Waals surface area contributed by atoms with Gasteiger partial charge in [0.05, 0.1) is 23.1 Å². The molecule has 0 saturated heterocycles. The maximum Gasteiger partial charge on any atom is 0.270 e. The van der Waals surface area contributed by atoms with Crippen LogP contribution in [0.15, 0.2) is 42.5 Å². The van der Waals surface area contributed by atoms with Crippen LogP contribution in [0.1, 0.15) is 52.6 Å². The van der Waals surface area contributed by atoms with Gasteiger partial charge in [-0.25, -0.2) is 4.90 Å². The Kier molecular flexibility index (Phi) is 5.04. The molecule has 0 fully saturated rings. The van der Waals surface area contributed by atoms with Crippen LogP contribution in [0, 0.1) is 10.1 Å². The van der Waals surface area contributed by atoms with E-state index in [4.69, 9.17) is 0 Å². The molecular weight excluding hydrogens is 358 g/mol. The van der Waals surface area contributed by atoms with Gasteiger partial charge in [0.2, 0.25) is 0 Å². The summed E-state index contributed by atoms with van der Waals surface area (Å²) in [6.45, 7) is 7.32. The van der Waals surface area contributed by atoms with Gasteiger partial charge in [0.25, 0.3) is 17.5 Å². The van der Waals surface area contributed by atoms with Gasteiger partial charge in [0, 0.05) is 17.7 Å². The number of fused-ring (bicyclic) bond motifs is 1. The Morgan fingerprint density at radius 1 is 1.00 bits per heavy atom. The van der Waals surface area contributed by atoms with Crippen molar-refractivity contribution in [1.82, 2.24) is 4.90 Å². The van der Waals surface area contributed by atoms with Crippen molar-refractivity contribution in [3.8, 4) is 0 Å². The molecule has 0 aliphatic carbocycles.